The number of aromatic nitrogens is 4. The first kappa shape index (κ1) is 25.9. The molecule has 1 aliphatic heterocycles. The van der Waals surface area contributed by atoms with Crippen LogP contribution in [0, 0.1) is 0 Å². The van der Waals surface area contributed by atoms with Gasteiger partial charge in [0.05, 0.1) is 40.2 Å². The standard InChI is InChI=1S/C44H30N4/c1-3-11-28(12-4-1)30-15-9-16-32(25-30)47-39-24-23-36-42(43(39)33-22-21-31(26-40(33)47)29-13-5-2-6-14-29)35-18-10-17-34(44(35)45-36)41-27-46-37-19-7-8-20-38(37)48(41)46/h1-26,41,45H,27H2. The molecular weight excluding hydrogens is 585 g/mol. The molecule has 226 valence electrons. The zero-order valence-corrected chi connectivity index (χ0v) is 26.1. The van der Waals surface area contributed by atoms with Crippen LogP contribution in [0.3, 0.4) is 0 Å². The molecule has 1 N–H and O–H groups in total. The highest BCUT2D eigenvalue weighted by molar-refractivity contribution is 6.28. The van der Waals surface area contributed by atoms with E-state index in [0.717, 1.165) is 12.2 Å². The maximum absolute atomic E-state index is 3.90. The molecule has 0 amide bonds. The predicted octanol–water partition coefficient (Wildman–Crippen LogP) is 11.1. The molecule has 4 heteroatoms. The van der Waals surface area contributed by atoms with Gasteiger partial charge in [0.25, 0.3) is 0 Å². The normalized spacial score (nSPS) is 14.4. The van der Waals surface area contributed by atoms with Crippen molar-refractivity contribution in [1.82, 2.24) is 18.9 Å². The number of fused-ring (bicyclic) bond motifs is 11. The molecule has 0 fully saturated rings. The van der Waals surface area contributed by atoms with E-state index in [1.807, 2.05) is 0 Å². The fourth-order valence-corrected chi connectivity index (χ4v) is 8.34. The van der Waals surface area contributed by atoms with Crippen LogP contribution in [0.4, 0.5) is 0 Å². The van der Waals surface area contributed by atoms with Crippen LogP contribution in [0.1, 0.15) is 11.6 Å². The Hall–Kier alpha value is -6.26. The second-order valence-corrected chi connectivity index (χ2v) is 13.1. The summed E-state index contributed by atoms with van der Waals surface area (Å²) < 4.78 is 7.30. The van der Waals surface area contributed by atoms with Gasteiger partial charge < -0.3 is 9.55 Å². The summed E-state index contributed by atoms with van der Waals surface area (Å²) in [5.41, 5.74) is 14.9. The molecular formula is C44H30N4. The third-order valence-electron chi connectivity index (χ3n) is 10.5. The minimum atomic E-state index is 0.322. The van der Waals surface area contributed by atoms with E-state index < -0.39 is 0 Å². The summed E-state index contributed by atoms with van der Waals surface area (Å²) in [6, 6.07) is 57.8. The molecule has 0 aliphatic carbocycles. The number of aromatic amines is 1. The molecule has 4 heterocycles. The van der Waals surface area contributed by atoms with E-state index in [-0.39, 0.29) is 0 Å². The Labute approximate surface area is 276 Å². The van der Waals surface area contributed by atoms with Crippen molar-refractivity contribution in [2.24, 2.45) is 0 Å². The Morgan fingerprint density at radius 3 is 2.00 bits per heavy atom. The smallest absolute Gasteiger partial charge is 0.0972 e. The van der Waals surface area contributed by atoms with E-state index in [4.69, 9.17) is 0 Å². The van der Waals surface area contributed by atoms with E-state index in [0.29, 0.717) is 6.04 Å². The van der Waals surface area contributed by atoms with E-state index in [1.165, 1.54) is 82.5 Å². The number of para-hydroxylation sites is 3. The van der Waals surface area contributed by atoms with Crippen LogP contribution in [0.2, 0.25) is 0 Å². The number of hydrogen-bond acceptors (Lipinski definition) is 0. The zero-order valence-electron chi connectivity index (χ0n) is 26.1. The molecule has 1 atom stereocenters. The molecule has 3 aromatic heterocycles. The lowest BCUT2D eigenvalue weighted by molar-refractivity contribution is 0.256. The van der Waals surface area contributed by atoms with Crippen molar-refractivity contribution in [1.29, 1.82) is 0 Å². The van der Waals surface area contributed by atoms with Crippen molar-refractivity contribution < 1.29 is 0 Å². The zero-order chi connectivity index (χ0) is 31.3. The molecule has 11 rings (SSSR count). The van der Waals surface area contributed by atoms with Gasteiger partial charge in [0.1, 0.15) is 0 Å². The van der Waals surface area contributed by atoms with Crippen molar-refractivity contribution in [2.45, 2.75) is 12.6 Å². The summed E-state index contributed by atoms with van der Waals surface area (Å²) in [5.74, 6) is 0. The van der Waals surface area contributed by atoms with Crippen LogP contribution in [-0.4, -0.2) is 18.9 Å². The Morgan fingerprint density at radius 1 is 0.479 bits per heavy atom. The van der Waals surface area contributed by atoms with E-state index in [9.17, 15) is 0 Å². The van der Waals surface area contributed by atoms with Gasteiger partial charge in [0.2, 0.25) is 0 Å². The Balaban J connectivity index is 1.19. The first-order valence-electron chi connectivity index (χ1n) is 16.7. The maximum Gasteiger partial charge on any atom is 0.0972 e. The average Bonchev–Trinajstić information content (AvgIpc) is 3.68. The highest BCUT2D eigenvalue weighted by Crippen LogP contribution is 2.45. The number of rotatable bonds is 4. The first-order valence-corrected chi connectivity index (χ1v) is 16.7. The third kappa shape index (κ3) is 3.49. The molecule has 1 unspecified atom stereocenters. The van der Waals surface area contributed by atoms with Crippen molar-refractivity contribution in [3.8, 4) is 27.9 Å². The summed E-state index contributed by atoms with van der Waals surface area (Å²) >= 11 is 0. The fraction of sp³-hybridized carbons (Fsp3) is 0.0455. The minimum Gasteiger partial charge on any atom is -0.354 e. The van der Waals surface area contributed by atoms with E-state index >= 15 is 0 Å². The monoisotopic (exact) mass is 614 g/mol. The van der Waals surface area contributed by atoms with Gasteiger partial charge in [0, 0.05) is 38.3 Å². The highest BCUT2D eigenvalue weighted by atomic mass is 15.5. The highest BCUT2D eigenvalue weighted by Gasteiger charge is 2.34. The number of benzene rings is 7. The van der Waals surface area contributed by atoms with Crippen LogP contribution in [0.25, 0.3) is 82.6 Å². The third-order valence-corrected chi connectivity index (χ3v) is 10.5. The number of H-pyrrole nitrogens is 1. The molecule has 48 heavy (non-hydrogen) atoms. The Bertz CT molecular complexity index is 2860. The molecule has 0 saturated carbocycles. The van der Waals surface area contributed by atoms with E-state index in [2.05, 4.69) is 177 Å². The summed E-state index contributed by atoms with van der Waals surface area (Å²) in [6.07, 6.45) is 0. The number of hydrogen-bond donors (Lipinski definition) is 1. The van der Waals surface area contributed by atoms with Crippen LogP contribution in [0.5, 0.6) is 0 Å². The van der Waals surface area contributed by atoms with Gasteiger partial charge in [-0.15, -0.1) is 0 Å². The molecule has 0 saturated heterocycles. The SMILES string of the molecule is c1ccc(-c2cccc(-n3c4cc(-c5ccccc5)ccc4c4c5c(ccc43)[nH]c3c(C4Cn6c7ccccc7n64)cccc35)c2)cc1. The maximum atomic E-state index is 3.90. The van der Waals surface area contributed by atoms with Crippen molar-refractivity contribution >= 4 is 54.6 Å². The summed E-state index contributed by atoms with van der Waals surface area (Å²) in [7, 11) is 0. The first-order chi connectivity index (χ1) is 23.8. The minimum absolute atomic E-state index is 0.322. The molecule has 0 radical (unpaired) electrons. The van der Waals surface area contributed by atoms with Gasteiger partial charge in [-0.25, -0.2) is 0 Å². The topological polar surface area (TPSA) is 30.6 Å². The van der Waals surface area contributed by atoms with Gasteiger partial charge in [-0.2, -0.15) is 0 Å². The number of nitrogens with one attached hydrogen (secondary N) is 1. The molecule has 1 aliphatic rings. The van der Waals surface area contributed by atoms with Crippen LogP contribution in [-0.2, 0) is 6.54 Å². The lowest BCUT2D eigenvalue weighted by Crippen LogP contribution is -2.41. The summed E-state index contributed by atoms with van der Waals surface area (Å²) in [4.78, 5) is 3.90. The van der Waals surface area contributed by atoms with Crippen LogP contribution >= 0.6 is 0 Å². The van der Waals surface area contributed by atoms with E-state index in [1.54, 1.807) is 0 Å². The second-order valence-electron chi connectivity index (χ2n) is 13.1. The Morgan fingerprint density at radius 2 is 1.19 bits per heavy atom. The van der Waals surface area contributed by atoms with Crippen molar-refractivity contribution in [2.75, 3.05) is 0 Å². The lowest BCUT2D eigenvalue weighted by Gasteiger charge is -2.43. The van der Waals surface area contributed by atoms with Gasteiger partial charge in [-0.05, 0) is 64.7 Å². The molecule has 10 aromatic rings. The average molecular weight is 615 g/mol. The number of nitrogens with zero attached hydrogens (tertiary/aromatic N) is 3. The summed E-state index contributed by atoms with van der Waals surface area (Å²) in [5, 5.41) is 5.13. The predicted molar refractivity (Wildman–Crippen MR) is 199 cm³/mol. The van der Waals surface area contributed by atoms with Gasteiger partial charge in [-0.1, -0.05) is 115 Å². The van der Waals surface area contributed by atoms with Crippen molar-refractivity contribution in [3.05, 3.63) is 163 Å². The molecule has 7 aromatic carbocycles. The lowest BCUT2D eigenvalue weighted by atomic mass is 9.97. The molecule has 0 bridgehead atoms. The largest absolute Gasteiger partial charge is 0.354 e. The summed E-state index contributed by atoms with van der Waals surface area (Å²) in [6.45, 7) is 1.00. The van der Waals surface area contributed by atoms with Gasteiger partial charge in [0.15, 0.2) is 0 Å². The van der Waals surface area contributed by atoms with Gasteiger partial charge >= 0.3 is 0 Å². The Kier molecular flexibility index (Phi) is 5.19. The quantitative estimate of drug-likeness (QED) is 0.204. The molecule has 0 spiro atoms. The second kappa shape index (κ2) is 9.63. The van der Waals surface area contributed by atoms with Crippen molar-refractivity contribution in [3.63, 3.8) is 0 Å². The fourth-order valence-electron chi connectivity index (χ4n) is 8.34. The molecule has 4 nitrogen and oxygen atoms in total. The van der Waals surface area contributed by atoms with Crippen LogP contribution < -0.4 is 0 Å². The van der Waals surface area contributed by atoms with Gasteiger partial charge in [-0.3, -0.25) is 9.36 Å². The van der Waals surface area contributed by atoms with Crippen LogP contribution in [0.15, 0.2) is 158 Å².